The van der Waals surface area contributed by atoms with Crippen LogP contribution < -0.4 is 14.4 Å². The van der Waals surface area contributed by atoms with Crippen LogP contribution in [0.2, 0.25) is 0 Å². The fraction of sp³-hybridized carbons (Fsp3) is 0.667. The largest absolute Gasteiger partial charge is 0.497 e. The Kier molecular flexibility index (Phi) is 5.28. The van der Waals surface area contributed by atoms with Crippen LogP contribution in [-0.2, 0) is 4.74 Å². The van der Waals surface area contributed by atoms with Crippen LogP contribution in [0.1, 0.15) is 12.8 Å². The first kappa shape index (κ1) is 16.4. The molecule has 1 aromatic carbocycles. The first-order valence-electron chi connectivity index (χ1n) is 8.45. The van der Waals surface area contributed by atoms with E-state index in [0.29, 0.717) is 12.0 Å². The second-order valence-corrected chi connectivity index (χ2v) is 6.63. The van der Waals surface area contributed by atoms with Gasteiger partial charge >= 0.3 is 0 Å². The molecule has 23 heavy (non-hydrogen) atoms. The fourth-order valence-electron chi connectivity index (χ4n) is 3.59. The average Bonchev–Trinajstić information content (AvgIpc) is 3.25. The molecule has 2 heterocycles. The van der Waals surface area contributed by atoms with E-state index in [-0.39, 0.29) is 0 Å². The van der Waals surface area contributed by atoms with E-state index in [0.717, 1.165) is 44.3 Å². The van der Waals surface area contributed by atoms with Crippen LogP contribution in [0.3, 0.4) is 0 Å². The number of likely N-dealkylation sites (N-methyl/N-ethyl adjacent to an activating group) is 1. The van der Waals surface area contributed by atoms with E-state index in [2.05, 4.69) is 29.0 Å². The van der Waals surface area contributed by atoms with Gasteiger partial charge in [-0.3, -0.25) is 0 Å². The number of hydrogen-bond acceptors (Lipinski definition) is 5. The van der Waals surface area contributed by atoms with Crippen molar-refractivity contribution in [2.45, 2.75) is 18.9 Å². The highest BCUT2D eigenvalue weighted by Crippen LogP contribution is 2.31. The highest BCUT2D eigenvalue weighted by Gasteiger charge is 2.28. The standard InChI is InChI=1S/C18H28N2O3/c1-19(11-14-5-7-23-13-14)15-4-6-20(12-15)16-8-17(21-2)10-18(9-16)22-3/h8-10,14-15H,4-7,11-13H2,1-3H3/t14-,15+/m1/s1. The molecule has 0 bridgehead atoms. The summed E-state index contributed by atoms with van der Waals surface area (Å²) in [7, 11) is 5.64. The second kappa shape index (κ2) is 7.41. The minimum Gasteiger partial charge on any atom is -0.497 e. The first-order valence-corrected chi connectivity index (χ1v) is 8.45. The molecule has 2 aliphatic heterocycles. The summed E-state index contributed by atoms with van der Waals surface area (Å²) in [6.45, 7) is 5.12. The Bertz CT molecular complexity index is 495. The zero-order valence-corrected chi connectivity index (χ0v) is 14.5. The van der Waals surface area contributed by atoms with Crippen molar-refractivity contribution in [1.82, 2.24) is 4.90 Å². The summed E-state index contributed by atoms with van der Waals surface area (Å²) in [5.74, 6) is 2.39. The van der Waals surface area contributed by atoms with Gasteiger partial charge in [-0.2, -0.15) is 0 Å². The van der Waals surface area contributed by atoms with Gasteiger partial charge in [-0.05, 0) is 25.8 Å². The molecule has 0 N–H and O–H groups in total. The predicted molar refractivity (Wildman–Crippen MR) is 91.7 cm³/mol. The number of methoxy groups -OCH3 is 2. The third-order valence-electron chi connectivity index (χ3n) is 5.06. The van der Waals surface area contributed by atoms with Gasteiger partial charge in [-0.25, -0.2) is 0 Å². The van der Waals surface area contributed by atoms with Crippen LogP contribution in [0, 0.1) is 5.92 Å². The number of benzene rings is 1. The molecule has 2 atom stereocenters. The zero-order valence-electron chi connectivity index (χ0n) is 14.5. The minimum atomic E-state index is 0.604. The minimum absolute atomic E-state index is 0.604. The fourth-order valence-corrected chi connectivity index (χ4v) is 3.59. The molecule has 0 saturated carbocycles. The van der Waals surface area contributed by atoms with Crippen molar-refractivity contribution in [3.05, 3.63) is 18.2 Å². The summed E-state index contributed by atoms with van der Waals surface area (Å²) >= 11 is 0. The van der Waals surface area contributed by atoms with Crippen molar-refractivity contribution < 1.29 is 14.2 Å². The molecule has 2 saturated heterocycles. The Labute approximate surface area is 139 Å². The summed E-state index contributed by atoms with van der Waals surface area (Å²) < 4.78 is 16.3. The van der Waals surface area contributed by atoms with Crippen molar-refractivity contribution in [2.24, 2.45) is 5.92 Å². The Morgan fingerprint density at radius 3 is 2.52 bits per heavy atom. The van der Waals surface area contributed by atoms with Gasteiger partial charge in [-0.15, -0.1) is 0 Å². The maximum Gasteiger partial charge on any atom is 0.124 e. The maximum absolute atomic E-state index is 5.50. The third-order valence-corrected chi connectivity index (χ3v) is 5.06. The van der Waals surface area contributed by atoms with Crippen molar-refractivity contribution in [3.63, 3.8) is 0 Å². The molecular weight excluding hydrogens is 292 g/mol. The van der Waals surface area contributed by atoms with Crippen LogP contribution in [-0.4, -0.2) is 65.1 Å². The lowest BCUT2D eigenvalue weighted by Crippen LogP contribution is -2.37. The first-order chi connectivity index (χ1) is 11.2. The number of anilines is 1. The third kappa shape index (κ3) is 3.90. The SMILES string of the molecule is COc1cc(OC)cc(N2CC[C@H](N(C)C[C@H]3CCOC3)C2)c1. The summed E-state index contributed by atoms with van der Waals surface area (Å²) in [5.41, 5.74) is 1.18. The zero-order chi connectivity index (χ0) is 16.2. The Hall–Kier alpha value is -1.46. The number of rotatable bonds is 6. The van der Waals surface area contributed by atoms with E-state index in [4.69, 9.17) is 14.2 Å². The Balaban J connectivity index is 1.62. The van der Waals surface area contributed by atoms with E-state index in [1.807, 2.05) is 6.07 Å². The lowest BCUT2D eigenvalue weighted by atomic mass is 10.1. The molecule has 0 amide bonds. The summed E-state index contributed by atoms with van der Waals surface area (Å²) in [6, 6.07) is 6.71. The highest BCUT2D eigenvalue weighted by molar-refractivity contribution is 5.56. The quantitative estimate of drug-likeness (QED) is 0.803. The molecular formula is C18H28N2O3. The smallest absolute Gasteiger partial charge is 0.124 e. The topological polar surface area (TPSA) is 34.2 Å². The second-order valence-electron chi connectivity index (χ2n) is 6.63. The Morgan fingerprint density at radius 1 is 1.17 bits per heavy atom. The summed E-state index contributed by atoms with van der Waals surface area (Å²) in [4.78, 5) is 4.94. The summed E-state index contributed by atoms with van der Waals surface area (Å²) in [5, 5.41) is 0. The Morgan fingerprint density at radius 2 is 1.91 bits per heavy atom. The maximum atomic E-state index is 5.50. The van der Waals surface area contributed by atoms with Crippen LogP contribution in [0.25, 0.3) is 0 Å². The van der Waals surface area contributed by atoms with Gasteiger partial charge in [0.1, 0.15) is 11.5 Å². The van der Waals surface area contributed by atoms with Crippen molar-refractivity contribution in [1.29, 1.82) is 0 Å². The van der Waals surface area contributed by atoms with Gasteiger partial charge in [0.2, 0.25) is 0 Å². The molecule has 2 aliphatic rings. The van der Waals surface area contributed by atoms with E-state index in [1.54, 1.807) is 14.2 Å². The van der Waals surface area contributed by atoms with Gasteiger partial charge in [-0.1, -0.05) is 0 Å². The molecule has 0 aromatic heterocycles. The lowest BCUT2D eigenvalue weighted by Gasteiger charge is -2.27. The normalized spacial score (nSPS) is 24.4. The van der Waals surface area contributed by atoms with Crippen LogP contribution >= 0.6 is 0 Å². The number of ether oxygens (including phenoxy) is 3. The van der Waals surface area contributed by atoms with Gasteiger partial charge in [0.25, 0.3) is 0 Å². The number of hydrogen-bond donors (Lipinski definition) is 0. The molecule has 0 unspecified atom stereocenters. The monoisotopic (exact) mass is 320 g/mol. The van der Waals surface area contributed by atoms with Crippen molar-refractivity contribution in [2.75, 3.05) is 59.0 Å². The van der Waals surface area contributed by atoms with E-state index < -0.39 is 0 Å². The van der Waals surface area contributed by atoms with Crippen LogP contribution in [0.4, 0.5) is 5.69 Å². The molecule has 5 nitrogen and oxygen atoms in total. The molecule has 0 aliphatic carbocycles. The van der Waals surface area contributed by atoms with E-state index in [1.165, 1.54) is 18.5 Å². The molecule has 128 valence electrons. The van der Waals surface area contributed by atoms with Gasteiger partial charge in [0.15, 0.2) is 0 Å². The van der Waals surface area contributed by atoms with Crippen LogP contribution in [0.15, 0.2) is 18.2 Å². The summed E-state index contributed by atoms with van der Waals surface area (Å²) in [6.07, 6.45) is 2.40. The van der Waals surface area contributed by atoms with Gasteiger partial charge in [0.05, 0.1) is 20.8 Å². The molecule has 1 aromatic rings. The van der Waals surface area contributed by atoms with Crippen molar-refractivity contribution >= 4 is 5.69 Å². The predicted octanol–water partition coefficient (Wildman–Crippen LogP) is 2.25. The average molecular weight is 320 g/mol. The van der Waals surface area contributed by atoms with E-state index >= 15 is 0 Å². The highest BCUT2D eigenvalue weighted by atomic mass is 16.5. The molecule has 0 radical (unpaired) electrons. The van der Waals surface area contributed by atoms with Gasteiger partial charge < -0.3 is 24.0 Å². The van der Waals surface area contributed by atoms with Crippen molar-refractivity contribution in [3.8, 4) is 11.5 Å². The molecule has 2 fully saturated rings. The van der Waals surface area contributed by atoms with E-state index in [9.17, 15) is 0 Å². The molecule has 5 heteroatoms. The van der Waals surface area contributed by atoms with Crippen LogP contribution in [0.5, 0.6) is 11.5 Å². The molecule has 0 spiro atoms. The van der Waals surface area contributed by atoms with Gasteiger partial charge in [0, 0.05) is 56.2 Å². The number of nitrogens with zero attached hydrogens (tertiary/aromatic N) is 2. The molecule has 3 rings (SSSR count). The lowest BCUT2D eigenvalue weighted by molar-refractivity contribution is 0.164.